The van der Waals surface area contributed by atoms with Gasteiger partial charge in [-0.25, -0.2) is 9.18 Å². The molecule has 1 aliphatic rings. The number of carbonyl (C=O) groups excluding carboxylic acids is 2. The third-order valence-corrected chi connectivity index (χ3v) is 4.35. The van der Waals surface area contributed by atoms with Gasteiger partial charge in [0, 0.05) is 5.56 Å². The van der Waals surface area contributed by atoms with E-state index in [-0.39, 0.29) is 12.1 Å². The molecule has 6 nitrogen and oxygen atoms in total. The zero-order chi connectivity index (χ0) is 18.8. The van der Waals surface area contributed by atoms with Gasteiger partial charge in [-0.2, -0.15) is 0 Å². The van der Waals surface area contributed by atoms with Crippen molar-refractivity contribution in [2.45, 2.75) is 19.4 Å². The summed E-state index contributed by atoms with van der Waals surface area (Å²) in [5.74, 6) is -0.585. The van der Waals surface area contributed by atoms with Crippen LogP contribution in [-0.2, 0) is 9.53 Å². The van der Waals surface area contributed by atoms with Crippen LogP contribution in [-0.4, -0.2) is 26.2 Å². The first kappa shape index (κ1) is 17.7. The van der Waals surface area contributed by atoms with Crippen LogP contribution < -0.4 is 15.0 Å². The van der Waals surface area contributed by atoms with Gasteiger partial charge in [-0.05, 0) is 30.7 Å². The Kier molecular flexibility index (Phi) is 4.79. The molecule has 0 radical (unpaired) electrons. The van der Waals surface area contributed by atoms with Crippen molar-refractivity contribution < 1.29 is 23.5 Å². The first-order valence-electron chi connectivity index (χ1n) is 8.06. The van der Waals surface area contributed by atoms with E-state index >= 15 is 0 Å². The van der Waals surface area contributed by atoms with E-state index in [0.29, 0.717) is 17.0 Å². The number of esters is 1. The standard InChI is InChI=1S/C19H19FN2O4/c1-11-7-8-16(25-2)15(9-11)22-14(10-17(23)26-3)12-5-4-6-13(20)18(12)21-19(22)24/h4-9,14H,10H2,1-3H3,(H,21,24). The molecule has 0 spiro atoms. The number of rotatable bonds is 4. The maximum Gasteiger partial charge on any atom is 0.327 e. The van der Waals surface area contributed by atoms with Gasteiger partial charge in [0.25, 0.3) is 0 Å². The zero-order valence-corrected chi connectivity index (χ0v) is 14.7. The minimum Gasteiger partial charge on any atom is -0.495 e. The summed E-state index contributed by atoms with van der Waals surface area (Å²) in [4.78, 5) is 26.2. The molecule has 2 aromatic rings. The fourth-order valence-electron chi connectivity index (χ4n) is 3.11. The van der Waals surface area contributed by atoms with E-state index in [0.717, 1.165) is 5.56 Å². The van der Waals surface area contributed by atoms with Crippen LogP contribution in [0.2, 0.25) is 0 Å². The highest BCUT2D eigenvalue weighted by Gasteiger charge is 2.37. The average molecular weight is 358 g/mol. The molecule has 26 heavy (non-hydrogen) atoms. The molecule has 0 saturated carbocycles. The van der Waals surface area contributed by atoms with E-state index in [4.69, 9.17) is 9.47 Å². The summed E-state index contributed by atoms with van der Waals surface area (Å²) in [5, 5.41) is 2.57. The van der Waals surface area contributed by atoms with Gasteiger partial charge in [-0.15, -0.1) is 0 Å². The molecule has 136 valence electrons. The molecule has 0 aliphatic carbocycles. The fraction of sp³-hybridized carbons (Fsp3) is 0.263. The number of halogens is 1. The first-order valence-corrected chi connectivity index (χ1v) is 8.06. The largest absolute Gasteiger partial charge is 0.495 e. The topological polar surface area (TPSA) is 67.9 Å². The highest BCUT2D eigenvalue weighted by Crippen LogP contribution is 2.42. The Labute approximate surface area is 150 Å². The second-order valence-electron chi connectivity index (χ2n) is 5.98. The van der Waals surface area contributed by atoms with Crippen molar-refractivity contribution in [2.24, 2.45) is 0 Å². The number of amides is 2. The van der Waals surface area contributed by atoms with Crippen LogP contribution in [0.25, 0.3) is 0 Å². The van der Waals surface area contributed by atoms with Crippen molar-refractivity contribution in [2.75, 3.05) is 24.4 Å². The molecule has 2 amide bonds. The average Bonchev–Trinajstić information content (AvgIpc) is 2.62. The van der Waals surface area contributed by atoms with Gasteiger partial charge in [0.1, 0.15) is 11.6 Å². The lowest BCUT2D eigenvalue weighted by atomic mass is 9.96. The van der Waals surface area contributed by atoms with Crippen molar-refractivity contribution in [1.82, 2.24) is 0 Å². The Hall–Kier alpha value is -3.09. The summed E-state index contributed by atoms with van der Waals surface area (Å²) >= 11 is 0. The molecular formula is C19H19FN2O4. The number of fused-ring (bicyclic) bond motifs is 1. The molecule has 0 bridgehead atoms. The van der Waals surface area contributed by atoms with Crippen LogP contribution in [0.1, 0.15) is 23.6 Å². The van der Waals surface area contributed by atoms with Crippen molar-refractivity contribution in [1.29, 1.82) is 0 Å². The molecular weight excluding hydrogens is 339 g/mol. The van der Waals surface area contributed by atoms with Crippen LogP contribution in [0.5, 0.6) is 5.75 Å². The second-order valence-corrected chi connectivity index (χ2v) is 5.98. The molecule has 1 heterocycles. The van der Waals surface area contributed by atoms with Crippen molar-refractivity contribution in [3.63, 3.8) is 0 Å². The summed E-state index contributed by atoms with van der Waals surface area (Å²) in [5.41, 5.74) is 1.98. The Morgan fingerprint density at radius 2 is 2.04 bits per heavy atom. The van der Waals surface area contributed by atoms with Gasteiger partial charge in [0.05, 0.1) is 38.1 Å². The lowest BCUT2D eigenvalue weighted by Gasteiger charge is -2.37. The van der Waals surface area contributed by atoms with E-state index in [1.165, 1.54) is 25.2 Å². The summed E-state index contributed by atoms with van der Waals surface area (Å²) < 4.78 is 24.4. The number of anilines is 2. The predicted molar refractivity (Wildman–Crippen MR) is 95.0 cm³/mol. The maximum absolute atomic E-state index is 14.2. The third-order valence-electron chi connectivity index (χ3n) is 4.35. The predicted octanol–water partition coefficient (Wildman–Crippen LogP) is 3.80. The van der Waals surface area contributed by atoms with E-state index < -0.39 is 23.9 Å². The molecule has 3 rings (SSSR count). The molecule has 7 heteroatoms. The molecule has 0 saturated heterocycles. The van der Waals surface area contributed by atoms with Gasteiger partial charge in [0.2, 0.25) is 0 Å². The number of carbonyl (C=O) groups is 2. The van der Waals surface area contributed by atoms with Crippen molar-refractivity contribution in [3.05, 3.63) is 53.3 Å². The normalized spacial score (nSPS) is 15.9. The van der Waals surface area contributed by atoms with Crippen LogP contribution in [0, 0.1) is 12.7 Å². The highest BCUT2D eigenvalue weighted by molar-refractivity contribution is 6.06. The SMILES string of the molecule is COC(=O)CC1c2cccc(F)c2NC(=O)N1c1cc(C)ccc1OC. The summed E-state index contributed by atoms with van der Waals surface area (Å²) in [7, 11) is 2.77. The quantitative estimate of drug-likeness (QED) is 0.844. The van der Waals surface area contributed by atoms with Gasteiger partial charge in [-0.1, -0.05) is 18.2 Å². The number of urea groups is 1. The smallest absolute Gasteiger partial charge is 0.327 e. The summed E-state index contributed by atoms with van der Waals surface area (Å²) in [6.45, 7) is 1.88. The van der Waals surface area contributed by atoms with Gasteiger partial charge in [-0.3, -0.25) is 9.69 Å². The van der Waals surface area contributed by atoms with Crippen LogP contribution >= 0.6 is 0 Å². The van der Waals surface area contributed by atoms with E-state index in [2.05, 4.69) is 5.32 Å². The minimum absolute atomic E-state index is 0.0780. The van der Waals surface area contributed by atoms with Crippen LogP contribution in [0.4, 0.5) is 20.6 Å². The van der Waals surface area contributed by atoms with E-state index in [1.807, 2.05) is 13.0 Å². The van der Waals surface area contributed by atoms with Crippen LogP contribution in [0.3, 0.4) is 0 Å². The van der Waals surface area contributed by atoms with E-state index in [9.17, 15) is 14.0 Å². The molecule has 1 N–H and O–H groups in total. The van der Waals surface area contributed by atoms with Crippen molar-refractivity contribution in [3.8, 4) is 5.75 Å². The molecule has 1 atom stereocenters. The second kappa shape index (κ2) is 7.03. The van der Waals surface area contributed by atoms with Gasteiger partial charge >= 0.3 is 12.0 Å². The number of para-hydroxylation sites is 1. The minimum atomic E-state index is -0.724. The summed E-state index contributed by atoms with van der Waals surface area (Å²) in [6, 6.07) is 8.60. The number of benzene rings is 2. The van der Waals surface area contributed by atoms with Crippen molar-refractivity contribution >= 4 is 23.4 Å². The fourth-order valence-corrected chi connectivity index (χ4v) is 3.11. The van der Waals surface area contributed by atoms with Gasteiger partial charge < -0.3 is 14.8 Å². The number of aryl methyl sites for hydroxylation is 1. The Balaban J connectivity index is 2.18. The Bertz CT molecular complexity index is 869. The number of hydrogen-bond acceptors (Lipinski definition) is 4. The number of hydrogen-bond donors (Lipinski definition) is 1. The monoisotopic (exact) mass is 358 g/mol. The number of nitrogens with one attached hydrogen (secondary N) is 1. The number of ether oxygens (including phenoxy) is 2. The maximum atomic E-state index is 14.2. The Morgan fingerprint density at radius 3 is 2.73 bits per heavy atom. The molecule has 1 unspecified atom stereocenters. The number of methoxy groups -OCH3 is 2. The molecule has 0 aromatic heterocycles. The van der Waals surface area contributed by atoms with Crippen LogP contribution in [0.15, 0.2) is 36.4 Å². The van der Waals surface area contributed by atoms with Gasteiger partial charge in [0.15, 0.2) is 0 Å². The van der Waals surface area contributed by atoms with E-state index in [1.54, 1.807) is 24.3 Å². The number of nitrogens with zero attached hydrogens (tertiary/aromatic N) is 1. The molecule has 0 fully saturated rings. The zero-order valence-electron chi connectivity index (χ0n) is 14.7. The molecule has 1 aliphatic heterocycles. The lowest BCUT2D eigenvalue weighted by molar-refractivity contribution is -0.141. The Morgan fingerprint density at radius 1 is 1.27 bits per heavy atom. The molecule has 2 aromatic carbocycles. The highest BCUT2D eigenvalue weighted by atomic mass is 19.1. The summed E-state index contributed by atoms with van der Waals surface area (Å²) in [6.07, 6.45) is -0.114. The lowest BCUT2D eigenvalue weighted by Crippen LogP contribution is -2.44. The first-order chi connectivity index (χ1) is 12.5. The third kappa shape index (κ3) is 3.08.